The highest BCUT2D eigenvalue weighted by Gasteiger charge is 2.33. The molecule has 4 rings (SSSR count). The van der Waals surface area contributed by atoms with Crippen molar-refractivity contribution >= 4 is 27.3 Å². The average molecular weight is 470 g/mol. The van der Waals surface area contributed by atoms with Gasteiger partial charge in [0.1, 0.15) is 5.75 Å². The van der Waals surface area contributed by atoms with Crippen molar-refractivity contribution in [3.8, 4) is 16.9 Å². The number of benzene rings is 3. The van der Waals surface area contributed by atoms with Crippen LogP contribution in [-0.2, 0) is 9.84 Å². The van der Waals surface area contributed by atoms with E-state index in [4.69, 9.17) is 16.3 Å². The van der Waals surface area contributed by atoms with Gasteiger partial charge in [0.05, 0.1) is 17.3 Å². The fourth-order valence-electron chi connectivity index (χ4n) is 3.98. The molecule has 0 unspecified atom stereocenters. The number of methoxy groups -OCH3 is 1. The Morgan fingerprint density at radius 2 is 1.59 bits per heavy atom. The van der Waals surface area contributed by atoms with Gasteiger partial charge in [-0.3, -0.25) is 4.79 Å². The van der Waals surface area contributed by atoms with E-state index in [1.165, 1.54) is 0 Å². The monoisotopic (exact) mass is 469 g/mol. The summed E-state index contributed by atoms with van der Waals surface area (Å²) in [5, 5.41) is 0.167. The van der Waals surface area contributed by atoms with E-state index in [9.17, 15) is 13.2 Å². The SMILES string of the molecule is COc1ccc(S(=O)(=O)C2CCN(C(=O)c3ccc(-c4cccc(Cl)c4)cc3)CC2)cc1. The van der Waals surface area contributed by atoms with Gasteiger partial charge in [0, 0.05) is 23.7 Å². The van der Waals surface area contributed by atoms with E-state index < -0.39 is 15.1 Å². The molecule has 1 heterocycles. The third kappa shape index (κ3) is 4.66. The Balaban J connectivity index is 1.41. The largest absolute Gasteiger partial charge is 0.497 e. The number of piperidine rings is 1. The van der Waals surface area contributed by atoms with Crippen LogP contribution in [0.25, 0.3) is 11.1 Å². The molecule has 7 heteroatoms. The number of amides is 1. The molecule has 32 heavy (non-hydrogen) atoms. The number of ether oxygens (including phenoxy) is 1. The van der Waals surface area contributed by atoms with Crippen LogP contribution in [0, 0.1) is 0 Å². The number of likely N-dealkylation sites (tertiary alicyclic amines) is 1. The number of rotatable bonds is 5. The first kappa shape index (κ1) is 22.4. The van der Waals surface area contributed by atoms with Gasteiger partial charge in [0.15, 0.2) is 9.84 Å². The molecule has 0 bridgehead atoms. The molecule has 0 radical (unpaired) electrons. The van der Waals surface area contributed by atoms with Crippen LogP contribution < -0.4 is 4.74 Å². The summed E-state index contributed by atoms with van der Waals surface area (Å²) < 4.78 is 31.1. The lowest BCUT2D eigenvalue weighted by atomic mass is 10.0. The van der Waals surface area contributed by atoms with E-state index in [0.717, 1.165) is 11.1 Å². The van der Waals surface area contributed by atoms with Crippen LogP contribution in [-0.4, -0.2) is 44.7 Å². The van der Waals surface area contributed by atoms with Crippen LogP contribution in [0.15, 0.2) is 77.7 Å². The maximum Gasteiger partial charge on any atom is 0.253 e. The summed E-state index contributed by atoms with van der Waals surface area (Å²) in [7, 11) is -1.90. The molecular formula is C25H24ClNO4S. The van der Waals surface area contributed by atoms with E-state index in [-0.39, 0.29) is 5.91 Å². The zero-order valence-electron chi connectivity index (χ0n) is 17.7. The number of nitrogens with zero attached hydrogens (tertiary/aromatic N) is 1. The zero-order valence-corrected chi connectivity index (χ0v) is 19.3. The van der Waals surface area contributed by atoms with Gasteiger partial charge in [0.25, 0.3) is 5.91 Å². The average Bonchev–Trinajstić information content (AvgIpc) is 2.84. The number of hydrogen-bond donors (Lipinski definition) is 0. The van der Waals surface area contributed by atoms with Gasteiger partial charge in [-0.25, -0.2) is 8.42 Å². The number of carbonyl (C=O) groups excluding carboxylic acids is 1. The van der Waals surface area contributed by atoms with Gasteiger partial charge in [-0.1, -0.05) is 35.9 Å². The van der Waals surface area contributed by atoms with E-state index in [0.29, 0.717) is 47.2 Å². The van der Waals surface area contributed by atoms with E-state index in [1.807, 2.05) is 36.4 Å². The minimum absolute atomic E-state index is 0.0806. The molecule has 1 aliphatic heterocycles. The predicted molar refractivity (Wildman–Crippen MR) is 126 cm³/mol. The summed E-state index contributed by atoms with van der Waals surface area (Å²) >= 11 is 6.07. The van der Waals surface area contributed by atoms with Crippen LogP contribution in [0.3, 0.4) is 0 Å². The molecule has 0 atom stereocenters. The molecular weight excluding hydrogens is 446 g/mol. The standard InChI is InChI=1S/C25H24ClNO4S/c1-31-22-9-11-23(12-10-22)32(29,30)24-13-15-27(16-14-24)25(28)19-7-5-18(6-8-19)20-3-2-4-21(26)17-20/h2-12,17,24H,13-16H2,1H3. The molecule has 0 aliphatic carbocycles. The zero-order chi connectivity index (χ0) is 22.7. The summed E-state index contributed by atoms with van der Waals surface area (Å²) in [5.41, 5.74) is 2.56. The Kier molecular flexibility index (Phi) is 6.53. The first-order chi connectivity index (χ1) is 15.4. The van der Waals surface area contributed by atoms with Crippen molar-refractivity contribution in [2.75, 3.05) is 20.2 Å². The van der Waals surface area contributed by atoms with Crippen LogP contribution in [0.1, 0.15) is 23.2 Å². The molecule has 1 aliphatic rings. The molecule has 0 aromatic heterocycles. The van der Waals surface area contributed by atoms with Gasteiger partial charge in [0.2, 0.25) is 0 Å². The minimum atomic E-state index is -3.44. The molecule has 1 saturated heterocycles. The molecule has 3 aromatic carbocycles. The highest BCUT2D eigenvalue weighted by Crippen LogP contribution is 2.27. The molecule has 1 amide bonds. The van der Waals surface area contributed by atoms with Gasteiger partial charge in [-0.2, -0.15) is 0 Å². The van der Waals surface area contributed by atoms with E-state index >= 15 is 0 Å². The second-order valence-electron chi connectivity index (χ2n) is 7.80. The number of halogens is 1. The Bertz CT molecular complexity index is 1200. The molecule has 1 fully saturated rings. The number of carbonyl (C=O) groups is 1. The van der Waals surface area contributed by atoms with Crippen molar-refractivity contribution in [2.45, 2.75) is 23.0 Å². The first-order valence-corrected chi connectivity index (χ1v) is 12.3. The Labute approximate surface area is 193 Å². The van der Waals surface area contributed by atoms with E-state index in [1.54, 1.807) is 48.4 Å². The minimum Gasteiger partial charge on any atom is -0.497 e. The summed E-state index contributed by atoms with van der Waals surface area (Å²) in [4.78, 5) is 15.0. The summed E-state index contributed by atoms with van der Waals surface area (Å²) in [5.74, 6) is 0.536. The number of hydrogen-bond acceptors (Lipinski definition) is 4. The molecule has 0 N–H and O–H groups in total. The van der Waals surface area contributed by atoms with Crippen molar-refractivity contribution in [1.82, 2.24) is 4.90 Å². The Hall–Kier alpha value is -2.83. The quantitative estimate of drug-likeness (QED) is 0.521. The van der Waals surface area contributed by atoms with Crippen molar-refractivity contribution in [1.29, 1.82) is 0 Å². The lowest BCUT2D eigenvalue weighted by Gasteiger charge is -2.32. The van der Waals surface area contributed by atoms with Gasteiger partial charge < -0.3 is 9.64 Å². The first-order valence-electron chi connectivity index (χ1n) is 10.4. The van der Waals surface area contributed by atoms with Gasteiger partial charge in [-0.05, 0) is 72.5 Å². The summed E-state index contributed by atoms with van der Waals surface area (Å²) in [6.45, 7) is 0.823. The topological polar surface area (TPSA) is 63.7 Å². The summed E-state index contributed by atoms with van der Waals surface area (Å²) in [6.07, 6.45) is 0.835. The molecule has 3 aromatic rings. The van der Waals surface area contributed by atoms with E-state index in [2.05, 4.69) is 0 Å². The second kappa shape index (κ2) is 9.35. The maximum atomic E-state index is 13.0. The maximum absolute atomic E-state index is 13.0. The highest BCUT2D eigenvalue weighted by atomic mass is 35.5. The molecule has 0 spiro atoms. The smallest absolute Gasteiger partial charge is 0.253 e. The highest BCUT2D eigenvalue weighted by molar-refractivity contribution is 7.92. The third-order valence-corrected chi connectivity index (χ3v) is 8.36. The normalized spacial score (nSPS) is 14.9. The Morgan fingerprint density at radius 1 is 0.938 bits per heavy atom. The van der Waals surface area contributed by atoms with Crippen LogP contribution in [0.4, 0.5) is 0 Å². The lowest BCUT2D eigenvalue weighted by molar-refractivity contribution is 0.0725. The Morgan fingerprint density at radius 3 is 2.19 bits per heavy atom. The lowest BCUT2D eigenvalue weighted by Crippen LogP contribution is -2.42. The van der Waals surface area contributed by atoms with Crippen molar-refractivity contribution in [3.63, 3.8) is 0 Å². The molecule has 5 nitrogen and oxygen atoms in total. The van der Waals surface area contributed by atoms with Crippen LogP contribution >= 0.6 is 11.6 Å². The van der Waals surface area contributed by atoms with Gasteiger partial charge >= 0.3 is 0 Å². The second-order valence-corrected chi connectivity index (χ2v) is 10.5. The molecule has 0 saturated carbocycles. The summed E-state index contributed by atoms with van der Waals surface area (Å²) in [6, 6.07) is 21.4. The predicted octanol–water partition coefficient (Wildman–Crippen LogP) is 5.09. The van der Waals surface area contributed by atoms with Crippen molar-refractivity contribution < 1.29 is 17.9 Å². The fourth-order valence-corrected chi connectivity index (χ4v) is 5.90. The van der Waals surface area contributed by atoms with Gasteiger partial charge in [-0.15, -0.1) is 0 Å². The van der Waals surface area contributed by atoms with Crippen molar-refractivity contribution in [2.24, 2.45) is 0 Å². The third-order valence-electron chi connectivity index (χ3n) is 5.85. The fraction of sp³-hybridized carbons (Fsp3) is 0.240. The van der Waals surface area contributed by atoms with Crippen LogP contribution in [0.5, 0.6) is 5.75 Å². The van der Waals surface area contributed by atoms with Crippen LogP contribution in [0.2, 0.25) is 5.02 Å². The molecule has 166 valence electrons. The van der Waals surface area contributed by atoms with Crippen molar-refractivity contribution in [3.05, 3.63) is 83.4 Å². The number of sulfone groups is 1.